The Hall–Kier alpha value is -3.49. The second-order valence-corrected chi connectivity index (χ2v) is 7.28. The van der Waals surface area contributed by atoms with Gasteiger partial charge in [0.05, 0.1) is 17.3 Å². The zero-order valence-electron chi connectivity index (χ0n) is 15.7. The predicted octanol–water partition coefficient (Wildman–Crippen LogP) is 4.89. The summed E-state index contributed by atoms with van der Waals surface area (Å²) in [6.45, 7) is 0. The van der Waals surface area contributed by atoms with Crippen LogP contribution < -0.4 is 5.44 Å². The van der Waals surface area contributed by atoms with Crippen molar-refractivity contribution in [3.63, 3.8) is 0 Å². The fraction of sp³-hybridized carbons (Fsp3) is 0. The van der Waals surface area contributed by atoms with Crippen LogP contribution in [0.1, 0.15) is 0 Å². The number of hydrogen-bond acceptors (Lipinski definition) is 2. The Labute approximate surface area is 171 Å². The first-order valence-corrected chi connectivity index (χ1v) is 10.00. The van der Waals surface area contributed by atoms with Crippen LogP contribution in [0.25, 0.3) is 33.9 Å². The van der Waals surface area contributed by atoms with Gasteiger partial charge in [-0.25, -0.2) is 9.36 Å². The summed E-state index contributed by atoms with van der Waals surface area (Å²) < 4.78 is 3.96. The quantitative estimate of drug-likeness (QED) is 0.407. The first-order valence-electron chi connectivity index (χ1n) is 9.42. The summed E-state index contributed by atoms with van der Waals surface area (Å²) in [5.74, 6) is 0. The topological polar surface area (TPSA) is 35.6 Å². The molecule has 0 aliphatic rings. The van der Waals surface area contributed by atoms with Crippen LogP contribution in [-0.2, 0) is 0 Å². The van der Waals surface area contributed by atoms with E-state index in [-0.39, 0.29) is 0 Å². The minimum Gasteiger partial charge on any atom is -0.230 e. The first kappa shape index (κ1) is 17.6. The molecule has 0 radical (unpaired) electrons. The maximum absolute atomic E-state index is 5.07. The van der Waals surface area contributed by atoms with Gasteiger partial charge in [0.25, 0.3) is 0 Å². The largest absolute Gasteiger partial charge is 0.230 e. The van der Waals surface area contributed by atoms with Crippen LogP contribution in [0, 0.1) is 0 Å². The number of para-hydroxylation sites is 1. The van der Waals surface area contributed by atoms with E-state index in [1.165, 1.54) is 0 Å². The average Bonchev–Trinajstić information content (AvgIpc) is 3.39. The van der Waals surface area contributed by atoms with Gasteiger partial charge in [0.1, 0.15) is 17.1 Å². The number of hydrogen-bond donors (Lipinski definition) is 0. The van der Waals surface area contributed by atoms with Crippen molar-refractivity contribution in [1.29, 1.82) is 0 Å². The van der Waals surface area contributed by atoms with Gasteiger partial charge in [-0.05, 0) is 18.2 Å². The van der Waals surface area contributed by atoms with Crippen molar-refractivity contribution in [3.05, 3.63) is 103 Å². The normalized spacial score (nSPS) is 10.9. The van der Waals surface area contributed by atoms with Crippen molar-refractivity contribution >= 4 is 14.7 Å². The molecule has 1 unspecified atom stereocenters. The van der Waals surface area contributed by atoms with E-state index in [4.69, 9.17) is 5.10 Å². The zero-order chi connectivity index (χ0) is 19.6. The summed E-state index contributed by atoms with van der Waals surface area (Å²) in [6, 6.07) is 32.8. The molecule has 2 heterocycles. The lowest BCUT2D eigenvalue weighted by atomic mass is 10.1. The molecule has 3 aromatic carbocycles. The molecular formula is C24H19N4P. The molecule has 0 saturated heterocycles. The Kier molecular flexibility index (Phi) is 4.55. The van der Waals surface area contributed by atoms with Crippen LogP contribution in [0.5, 0.6) is 0 Å². The highest BCUT2D eigenvalue weighted by Gasteiger charge is 2.24. The van der Waals surface area contributed by atoms with E-state index in [1.807, 2.05) is 76.2 Å². The molecule has 1 atom stereocenters. The van der Waals surface area contributed by atoms with Crippen LogP contribution in [0.4, 0.5) is 0 Å². The van der Waals surface area contributed by atoms with Gasteiger partial charge < -0.3 is 0 Å². The molecule has 0 saturated carbocycles. The van der Waals surface area contributed by atoms with Crippen molar-refractivity contribution in [2.45, 2.75) is 0 Å². The number of rotatable bonds is 4. The number of nitrogens with zero attached hydrogens (tertiary/aromatic N) is 4. The number of aromatic nitrogens is 4. The molecule has 140 valence electrons. The smallest absolute Gasteiger partial charge is 0.120 e. The maximum atomic E-state index is 5.07. The van der Waals surface area contributed by atoms with Crippen molar-refractivity contribution in [3.8, 4) is 33.9 Å². The molecule has 0 N–H and O–H groups in total. The highest BCUT2D eigenvalue weighted by molar-refractivity contribution is 7.27. The summed E-state index contributed by atoms with van der Waals surface area (Å²) in [7, 11) is 2.77. The maximum Gasteiger partial charge on any atom is 0.120 e. The minimum absolute atomic E-state index is 0.890. The molecule has 0 bridgehead atoms. The van der Waals surface area contributed by atoms with Gasteiger partial charge in [-0.3, -0.25) is 0 Å². The second kappa shape index (κ2) is 7.50. The lowest BCUT2D eigenvalue weighted by molar-refractivity contribution is 0.886. The van der Waals surface area contributed by atoms with Gasteiger partial charge in [0, 0.05) is 11.1 Å². The monoisotopic (exact) mass is 394 g/mol. The van der Waals surface area contributed by atoms with E-state index in [9.17, 15) is 0 Å². The lowest BCUT2D eigenvalue weighted by Gasteiger charge is -2.11. The Morgan fingerprint density at radius 2 is 1.21 bits per heavy atom. The summed E-state index contributed by atoms with van der Waals surface area (Å²) >= 11 is 0. The molecule has 5 heteroatoms. The Morgan fingerprint density at radius 3 is 1.79 bits per heavy atom. The first-order chi connectivity index (χ1) is 14.3. The minimum atomic E-state index is 0.890. The average molecular weight is 394 g/mol. The third-order valence-electron chi connectivity index (χ3n) is 4.84. The Morgan fingerprint density at radius 1 is 0.621 bits per heavy atom. The molecule has 0 amide bonds. The Balaban J connectivity index is 1.90. The highest BCUT2D eigenvalue weighted by atomic mass is 31.0. The third-order valence-corrected chi connectivity index (χ3v) is 5.28. The highest BCUT2D eigenvalue weighted by Crippen LogP contribution is 2.36. The third kappa shape index (κ3) is 3.18. The molecule has 0 spiro atoms. The van der Waals surface area contributed by atoms with Crippen LogP contribution in [0.2, 0.25) is 0 Å². The van der Waals surface area contributed by atoms with E-state index in [2.05, 4.69) is 50.7 Å². The van der Waals surface area contributed by atoms with Crippen molar-refractivity contribution in [1.82, 2.24) is 19.6 Å². The van der Waals surface area contributed by atoms with E-state index >= 15 is 0 Å². The van der Waals surface area contributed by atoms with Crippen LogP contribution in [0.15, 0.2) is 103 Å². The van der Waals surface area contributed by atoms with Gasteiger partial charge >= 0.3 is 0 Å². The predicted molar refractivity (Wildman–Crippen MR) is 121 cm³/mol. The fourth-order valence-corrected chi connectivity index (χ4v) is 3.79. The van der Waals surface area contributed by atoms with Crippen LogP contribution in [0.3, 0.4) is 0 Å². The van der Waals surface area contributed by atoms with Crippen LogP contribution >= 0.6 is 9.24 Å². The molecule has 29 heavy (non-hydrogen) atoms. The lowest BCUT2D eigenvalue weighted by Crippen LogP contribution is -2.11. The molecular weight excluding hydrogens is 375 g/mol. The summed E-state index contributed by atoms with van der Waals surface area (Å²) in [5.41, 5.74) is 6.97. The van der Waals surface area contributed by atoms with Crippen molar-refractivity contribution < 1.29 is 0 Å². The molecule has 4 nitrogen and oxygen atoms in total. The summed E-state index contributed by atoms with van der Waals surface area (Å²) in [6.07, 6.45) is 1.81. The van der Waals surface area contributed by atoms with Gasteiger partial charge in [-0.2, -0.15) is 10.2 Å². The van der Waals surface area contributed by atoms with E-state index in [0.29, 0.717) is 0 Å². The molecule has 5 aromatic rings. The van der Waals surface area contributed by atoms with Gasteiger partial charge in [-0.15, -0.1) is 0 Å². The molecule has 2 aromatic heterocycles. The van der Waals surface area contributed by atoms with Gasteiger partial charge in [0.2, 0.25) is 0 Å². The number of benzene rings is 3. The second-order valence-electron chi connectivity index (χ2n) is 6.69. The standard InChI is InChI=1S/C24H19N4P/c29-21-16-17-25-28(21)24-22(18-10-4-1-5-11-18)26-27(20-14-8-3-9-15-20)23(24)19-12-6-2-7-13-19/h1-17H,29H2. The SMILES string of the molecule is Pc1ccnn1-c1c(-c2ccccc2)nn(-c2ccccc2)c1-c1ccccc1. The van der Waals surface area contributed by atoms with Gasteiger partial charge in [-0.1, -0.05) is 88.1 Å². The fourth-order valence-electron chi connectivity index (χ4n) is 3.51. The zero-order valence-corrected chi connectivity index (χ0v) is 16.8. The van der Waals surface area contributed by atoms with Crippen molar-refractivity contribution in [2.24, 2.45) is 0 Å². The Bertz CT molecular complexity index is 1240. The molecule has 0 aliphatic heterocycles. The molecule has 5 rings (SSSR count). The van der Waals surface area contributed by atoms with E-state index < -0.39 is 0 Å². The van der Waals surface area contributed by atoms with Crippen LogP contribution in [-0.4, -0.2) is 19.6 Å². The van der Waals surface area contributed by atoms with Crippen molar-refractivity contribution in [2.75, 3.05) is 0 Å². The van der Waals surface area contributed by atoms with E-state index in [1.54, 1.807) is 0 Å². The van der Waals surface area contributed by atoms with E-state index in [0.717, 1.165) is 39.3 Å². The summed E-state index contributed by atoms with van der Waals surface area (Å²) in [5, 5.41) is 9.68. The molecule has 0 fully saturated rings. The summed E-state index contributed by atoms with van der Waals surface area (Å²) in [4.78, 5) is 0. The van der Waals surface area contributed by atoms with Gasteiger partial charge in [0.15, 0.2) is 0 Å². The molecule has 0 aliphatic carbocycles.